The number of nitrogens with zero attached hydrogens (tertiary/aromatic N) is 6. The van der Waals surface area contributed by atoms with E-state index in [0.29, 0.717) is 5.41 Å². The van der Waals surface area contributed by atoms with E-state index < -0.39 is 0 Å². The minimum absolute atomic E-state index is 0.386. The summed E-state index contributed by atoms with van der Waals surface area (Å²) in [5, 5.41) is 10.6. The van der Waals surface area contributed by atoms with Crippen molar-refractivity contribution < 1.29 is 0 Å². The summed E-state index contributed by atoms with van der Waals surface area (Å²) in [6, 6.07) is 0. The first kappa shape index (κ1) is 21.1. The van der Waals surface area contributed by atoms with Crippen LogP contribution in [0.2, 0.25) is 0 Å². The van der Waals surface area contributed by atoms with Gasteiger partial charge in [0, 0.05) is 23.5 Å². The molecule has 4 aromatic rings. The number of hydrogen-bond acceptors (Lipinski definition) is 5. The quantitative estimate of drug-likeness (QED) is 0.352. The van der Waals surface area contributed by atoms with Crippen LogP contribution >= 0.6 is 27.3 Å². The molecule has 0 spiro atoms. The molecule has 0 aromatic carbocycles. The second-order valence-electron chi connectivity index (χ2n) is 9.46. The molecule has 0 bridgehead atoms. The largest absolute Gasteiger partial charge is 0.268 e. The van der Waals surface area contributed by atoms with Gasteiger partial charge in [0.2, 0.25) is 0 Å². The third kappa shape index (κ3) is 3.52. The molecule has 8 heteroatoms. The maximum atomic E-state index is 4.94. The number of aromatic nitrogens is 6. The first-order valence-corrected chi connectivity index (χ1v) is 12.7. The summed E-state index contributed by atoms with van der Waals surface area (Å²) in [5.41, 5.74) is 4.96. The van der Waals surface area contributed by atoms with Crippen molar-refractivity contribution in [3.63, 3.8) is 0 Å². The summed E-state index contributed by atoms with van der Waals surface area (Å²) >= 11 is 5.47. The molecule has 0 radical (unpaired) electrons. The van der Waals surface area contributed by atoms with Crippen molar-refractivity contribution in [1.82, 2.24) is 29.4 Å². The predicted octanol–water partition coefficient (Wildman–Crippen LogP) is 5.70. The van der Waals surface area contributed by atoms with Gasteiger partial charge < -0.3 is 0 Å². The van der Waals surface area contributed by atoms with Crippen molar-refractivity contribution in [1.29, 1.82) is 0 Å². The van der Waals surface area contributed by atoms with E-state index in [9.17, 15) is 0 Å². The van der Waals surface area contributed by atoms with Crippen LogP contribution in [0.15, 0.2) is 10.8 Å². The van der Waals surface area contributed by atoms with Crippen molar-refractivity contribution in [3.05, 3.63) is 38.5 Å². The SMILES string of the molecule is CCC(C)(C)[C@H]1CCc2c(sc3ncn4nc(CCn5nc(C)c(Br)c5C)nc4c23)C1. The van der Waals surface area contributed by atoms with Gasteiger partial charge in [-0.2, -0.15) is 5.10 Å². The van der Waals surface area contributed by atoms with Crippen LogP contribution in [0.5, 0.6) is 0 Å². The number of fused-ring (bicyclic) bond motifs is 5. The Kier molecular flexibility index (Phi) is 5.20. The zero-order chi connectivity index (χ0) is 21.9. The zero-order valence-corrected chi connectivity index (χ0v) is 21.3. The Balaban J connectivity index is 1.47. The lowest BCUT2D eigenvalue weighted by atomic mass is 9.70. The van der Waals surface area contributed by atoms with E-state index in [1.165, 1.54) is 28.7 Å². The summed E-state index contributed by atoms with van der Waals surface area (Å²) in [6.07, 6.45) is 7.32. The van der Waals surface area contributed by atoms with Gasteiger partial charge in [0.15, 0.2) is 11.5 Å². The van der Waals surface area contributed by atoms with Crippen LogP contribution in [0.25, 0.3) is 15.9 Å². The van der Waals surface area contributed by atoms with E-state index in [-0.39, 0.29) is 0 Å². The number of thiophene rings is 1. The minimum Gasteiger partial charge on any atom is -0.268 e. The highest BCUT2D eigenvalue weighted by Gasteiger charge is 2.33. The van der Waals surface area contributed by atoms with E-state index in [1.807, 2.05) is 33.8 Å². The van der Waals surface area contributed by atoms with Crippen LogP contribution in [0, 0.1) is 25.2 Å². The molecule has 4 aromatic heterocycles. The van der Waals surface area contributed by atoms with E-state index in [2.05, 4.69) is 48.7 Å². The fraction of sp³-hybridized carbons (Fsp3) is 0.565. The summed E-state index contributed by atoms with van der Waals surface area (Å²) in [6.45, 7) is 12.0. The number of halogens is 1. The fourth-order valence-electron chi connectivity index (χ4n) is 4.78. The van der Waals surface area contributed by atoms with Crippen LogP contribution in [0.1, 0.15) is 61.3 Å². The van der Waals surface area contributed by atoms with Crippen LogP contribution in [0.3, 0.4) is 0 Å². The van der Waals surface area contributed by atoms with Gasteiger partial charge in [0.25, 0.3) is 0 Å². The molecule has 0 N–H and O–H groups in total. The van der Waals surface area contributed by atoms with Crippen LogP contribution in [-0.2, 0) is 25.8 Å². The molecule has 0 fully saturated rings. The Bertz CT molecular complexity index is 1280. The molecule has 5 rings (SSSR count). The molecule has 1 aliphatic rings. The lowest BCUT2D eigenvalue weighted by Crippen LogP contribution is -2.28. The molecule has 0 amide bonds. The van der Waals surface area contributed by atoms with Gasteiger partial charge in [-0.05, 0) is 65.9 Å². The molecule has 1 atom stereocenters. The number of aryl methyl sites for hydroxylation is 4. The molecule has 0 saturated heterocycles. The van der Waals surface area contributed by atoms with Crippen LogP contribution in [0.4, 0.5) is 0 Å². The number of hydrogen-bond donors (Lipinski definition) is 0. The standard InChI is InChI=1S/C23H29BrN6S/c1-6-23(4,5)15-7-8-16-17(11-15)31-22-19(16)21-26-18(28-30(21)12-25-22)9-10-29-14(3)20(24)13(2)27-29/h12,15H,6-11H2,1-5H3/t15-/m0/s1. The molecular formula is C23H29BrN6S. The van der Waals surface area contributed by atoms with Gasteiger partial charge >= 0.3 is 0 Å². The molecule has 0 aliphatic heterocycles. The highest BCUT2D eigenvalue weighted by atomic mass is 79.9. The van der Waals surface area contributed by atoms with Crippen LogP contribution < -0.4 is 0 Å². The lowest BCUT2D eigenvalue weighted by molar-refractivity contribution is 0.184. The molecule has 0 unspecified atom stereocenters. The maximum absolute atomic E-state index is 4.94. The first-order valence-electron chi connectivity index (χ1n) is 11.1. The fourth-order valence-corrected chi connectivity index (χ4v) is 6.32. The van der Waals surface area contributed by atoms with Crippen molar-refractivity contribution in [2.24, 2.45) is 11.3 Å². The highest BCUT2D eigenvalue weighted by molar-refractivity contribution is 9.10. The van der Waals surface area contributed by atoms with E-state index >= 15 is 0 Å². The average Bonchev–Trinajstić information content (AvgIpc) is 3.41. The normalized spacial score (nSPS) is 17.0. The minimum atomic E-state index is 0.386. The Hall–Kier alpha value is -1.80. The predicted molar refractivity (Wildman–Crippen MR) is 129 cm³/mol. The Morgan fingerprint density at radius 3 is 2.77 bits per heavy atom. The van der Waals surface area contributed by atoms with Gasteiger partial charge in [0.05, 0.1) is 15.6 Å². The molecule has 0 saturated carbocycles. The Labute approximate surface area is 195 Å². The molecule has 6 nitrogen and oxygen atoms in total. The van der Waals surface area contributed by atoms with E-state index in [1.54, 1.807) is 0 Å². The van der Waals surface area contributed by atoms with Gasteiger partial charge in [-0.3, -0.25) is 4.68 Å². The Morgan fingerprint density at radius 1 is 1.26 bits per heavy atom. The zero-order valence-electron chi connectivity index (χ0n) is 18.9. The van der Waals surface area contributed by atoms with Crippen molar-refractivity contribution in [2.45, 2.75) is 73.3 Å². The Morgan fingerprint density at radius 2 is 2.06 bits per heavy atom. The monoisotopic (exact) mass is 500 g/mol. The summed E-state index contributed by atoms with van der Waals surface area (Å²) in [4.78, 5) is 12.3. The third-order valence-electron chi connectivity index (χ3n) is 7.29. The van der Waals surface area contributed by atoms with Crippen molar-refractivity contribution >= 4 is 43.1 Å². The topological polar surface area (TPSA) is 60.9 Å². The maximum Gasteiger partial charge on any atom is 0.167 e. The van der Waals surface area contributed by atoms with Gasteiger partial charge in [-0.25, -0.2) is 14.5 Å². The van der Waals surface area contributed by atoms with Gasteiger partial charge in [-0.1, -0.05) is 27.2 Å². The average molecular weight is 501 g/mol. The summed E-state index contributed by atoms with van der Waals surface area (Å²) in [5.74, 6) is 1.58. The van der Waals surface area contributed by atoms with Gasteiger partial charge in [0.1, 0.15) is 11.2 Å². The van der Waals surface area contributed by atoms with E-state index in [4.69, 9.17) is 15.1 Å². The smallest absolute Gasteiger partial charge is 0.167 e. The highest BCUT2D eigenvalue weighted by Crippen LogP contribution is 2.44. The first-order chi connectivity index (χ1) is 14.8. The summed E-state index contributed by atoms with van der Waals surface area (Å²) < 4.78 is 4.97. The molecule has 1 aliphatic carbocycles. The molecular weight excluding hydrogens is 472 g/mol. The van der Waals surface area contributed by atoms with E-state index in [0.717, 1.165) is 63.9 Å². The molecule has 31 heavy (non-hydrogen) atoms. The number of rotatable bonds is 5. The molecule has 4 heterocycles. The van der Waals surface area contributed by atoms with Crippen molar-refractivity contribution in [3.8, 4) is 0 Å². The lowest BCUT2D eigenvalue weighted by Gasteiger charge is -2.36. The van der Waals surface area contributed by atoms with Crippen LogP contribution in [-0.4, -0.2) is 29.4 Å². The second-order valence-corrected chi connectivity index (χ2v) is 11.3. The second kappa shape index (κ2) is 7.66. The van der Waals surface area contributed by atoms with Gasteiger partial charge in [-0.15, -0.1) is 16.4 Å². The summed E-state index contributed by atoms with van der Waals surface area (Å²) in [7, 11) is 0. The van der Waals surface area contributed by atoms with Crippen molar-refractivity contribution in [2.75, 3.05) is 0 Å². The molecule has 164 valence electrons. The third-order valence-corrected chi connectivity index (χ3v) is 9.60.